The zero-order valence-electron chi connectivity index (χ0n) is 23.4. The monoisotopic (exact) mass is 562 g/mol. The molecule has 9 aromatic rings. The van der Waals surface area contributed by atoms with Crippen LogP contribution in [0.5, 0.6) is 0 Å². The van der Waals surface area contributed by atoms with Crippen molar-refractivity contribution in [2.24, 2.45) is 0 Å². The van der Waals surface area contributed by atoms with Gasteiger partial charge in [-0.05, 0) is 102 Å². The smallest absolute Gasteiger partial charge is 0.0433 e. The molecule has 0 aliphatic rings. The van der Waals surface area contributed by atoms with Crippen molar-refractivity contribution in [2.75, 3.05) is 0 Å². The minimum absolute atomic E-state index is 1.24. The Kier molecular flexibility index (Phi) is 5.47. The molecule has 9 rings (SSSR count). The first-order valence-electron chi connectivity index (χ1n) is 14.7. The molecule has 0 atom stereocenters. The van der Waals surface area contributed by atoms with Gasteiger partial charge in [0.1, 0.15) is 0 Å². The van der Waals surface area contributed by atoms with Crippen molar-refractivity contribution in [3.63, 3.8) is 0 Å². The number of hydrogen-bond donors (Lipinski definition) is 0. The summed E-state index contributed by atoms with van der Waals surface area (Å²) in [5.74, 6) is 0. The molecule has 0 unspecified atom stereocenters. The van der Waals surface area contributed by atoms with Gasteiger partial charge in [-0.1, -0.05) is 121 Å². The minimum Gasteiger partial charge on any atom is -0.135 e. The van der Waals surface area contributed by atoms with Gasteiger partial charge in [0, 0.05) is 20.2 Å². The van der Waals surface area contributed by atoms with Crippen LogP contribution in [0.25, 0.3) is 85.9 Å². The fraction of sp³-hybridized carbons (Fsp3) is 0. The lowest BCUT2D eigenvalue weighted by Crippen LogP contribution is -1.84. The number of rotatable bonds is 3. The number of fused-ring (bicyclic) bond motifs is 7. The Bertz CT molecular complexity index is 2510. The first-order chi connectivity index (χ1) is 21.3. The molecule has 0 fully saturated rings. The second kappa shape index (κ2) is 9.66. The fourth-order valence-corrected chi connectivity index (χ4v) is 7.75. The lowest BCUT2D eigenvalue weighted by molar-refractivity contribution is 1.61. The molecule has 43 heavy (non-hydrogen) atoms. The molecule has 0 radical (unpaired) electrons. The van der Waals surface area contributed by atoms with E-state index in [4.69, 9.17) is 0 Å². The van der Waals surface area contributed by atoms with Crippen molar-refractivity contribution in [3.8, 4) is 33.4 Å². The van der Waals surface area contributed by atoms with Crippen molar-refractivity contribution in [1.82, 2.24) is 0 Å². The molecule has 0 N–H and O–H groups in total. The molecule has 0 aliphatic carbocycles. The molecule has 1 heteroatoms. The summed E-state index contributed by atoms with van der Waals surface area (Å²) in [5, 5.41) is 10.4. The van der Waals surface area contributed by atoms with E-state index >= 15 is 0 Å². The van der Waals surface area contributed by atoms with Crippen LogP contribution >= 0.6 is 11.3 Å². The van der Waals surface area contributed by atoms with Crippen LogP contribution in [0.2, 0.25) is 0 Å². The summed E-state index contributed by atoms with van der Waals surface area (Å²) in [4.78, 5) is 0. The zero-order valence-corrected chi connectivity index (χ0v) is 24.2. The summed E-state index contributed by atoms with van der Waals surface area (Å²) in [5.41, 5.74) is 7.47. The molecule has 0 spiro atoms. The van der Waals surface area contributed by atoms with Gasteiger partial charge in [-0.3, -0.25) is 0 Å². The van der Waals surface area contributed by atoms with Crippen LogP contribution in [-0.4, -0.2) is 0 Å². The van der Waals surface area contributed by atoms with E-state index in [1.165, 1.54) is 85.9 Å². The van der Waals surface area contributed by atoms with E-state index in [1.54, 1.807) is 0 Å². The maximum atomic E-state index is 2.37. The van der Waals surface area contributed by atoms with E-state index in [0.29, 0.717) is 0 Å². The van der Waals surface area contributed by atoms with Crippen LogP contribution in [-0.2, 0) is 0 Å². The van der Waals surface area contributed by atoms with E-state index in [1.807, 2.05) is 11.3 Å². The lowest BCUT2D eigenvalue weighted by Gasteiger charge is -2.10. The van der Waals surface area contributed by atoms with Gasteiger partial charge in [0.05, 0.1) is 0 Å². The highest BCUT2D eigenvalue weighted by Crippen LogP contribution is 2.40. The van der Waals surface area contributed by atoms with Crippen molar-refractivity contribution in [1.29, 1.82) is 0 Å². The molecule has 0 aliphatic heterocycles. The molecule has 8 aromatic carbocycles. The number of benzene rings is 8. The first-order valence-corrected chi connectivity index (χ1v) is 15.6. The Morgan fingerprint density at radius 3 is 1.51 bits per heavy atom. The minimum atomic E-state index is 1.24. The van der Waals surface area contributed by atoms with Crippen LogP contribution in [0, 0.1) is 0 Å². The van der Waals surface area contributed by atoms with Gasteiger partial charge in [0.25, 0.3) is 0 Å². The van der Waals surface area contributed by atoms with E-state index in [2.05, 4.69) is 158 Å². The molecule has 1 heterocycles. The van der Waals surface area contributed by atoms with Gasteiger partial charge in [0.2, 0.25) is 0 Å². The van der Waals surface area contributed by atoms with Gasteiger partial charge in [-0.2, -0.15) is 0 Å². The predicted octanol–water partition coefficient (Wildman–Crippen LogP) is 12.5. The Balaban J connectivity index is 1.08. The Morgan fingerprint density at radius 2 is 0.791 bits per heavy atom. The summed E-state index contributed by atoms with van der Waals surface area (Å²) in [6.45, 7) is 0. The summed E-state index contributed by atoms with van der Waals surface area (Å²) in [7, 11) is 0. The standard InChI is InChI=1S/C42H26S/c1-2-8-29-22-33(13-12-27(29)6-1)35-17-16-34-24-32(14-15-36(34)25-35)30-9-5-10-31(23-30)37-19-21-41-40(26-37)39-20-18-28-7-3-4-11-38(28)42(39)43-41/h1-26H. The Labute approximate surface area is 254 Å². The largest absolute Gasteiger partial charge is 0.135 e. The van der Waals surface area contributed by atoms with E-state index in [9.17, 15) is 0 Å². The van der Waals surface area contributed by atoms with Crippen molar-refractivity contribution in [2.45, 2.75) is 0 Å². The average molecular weight is 563 g/mol. The van der Waals surface area contributed by atoms with Crippen LogP contribution in [0.3, 0.4) is 0 Å². The molecule has 1 aromatic heterocycles. The lowest BCUT2D eigenvalue weighted by atomic mass is 9.95. The third-order valence-corrected chi connectivity index (χ3v) is 10.0. The maximum Gasteiger partial charge on any atom is 0.0433 e. The van der Waals surface area contributed by atoms with Crippen LogP contribution < -0.4 is 0 Å². The average Bonchev–Trinajstić information content (AvgIpc) is 3.46. The predicted molar refractivity (Wildman–Crippen MR) is 188 cm³/mol. The SMILES string of the molecule is c1cc(-c2ccc3cc(-c4ccc5ccccc5c4)ccc3c2)cc(-c2ccc3sc4c5ccccc5ccc4c3c2)c1. The van der Waals surface area contributed by atoms with Gasteiger partial charge >= 0.3 is 0 Å². The second-order valence-corrected chi connectivity index (χ2v) is 12.4. The molecule has 0 saturated heterocycles. The van der Waals surface area contributed by atoms with E-state index in [-0.39, 0.29) is 0 Å². The molecule has 0 nitrogen and oxygen atoms in total. The van der Waals surface area contributed by atoms with E-state index in [0.717, 1.165) is 0 Å². The molecule has 0 amide bonds. The van der Waals surface area contributed by atoms with Crippen molar-refractivity contribution < 1.29 is 0 Å². The van der Waals surface area contributed by atoms with Crippen molar-refractivity contribution >= 4 is 63.8 Å². The Hall–Kier alpha value is -5.24. The summed E-state index contributed by atoms with van der Waals surface area (Å²) in [6.07, 6.45) is 0. The number of thiophene rings is 1. The van der Waals surface area contributed by atoms with E-state index < -0.39 is 0 Å². The highest BCUT2D eigenvalue weighted by Gasteiger charge is 2.11. The highest BCUT2D eigenvalue weighted by atomic mass is 32.1. The van der Waals surface area contributed by atoms with Gasteiger partial charge in [0.15, 0.2) is 0 Å². The summed E-state index contributed by atoms with van der Waals surface area (Å²) >= 11 is 1.90. The molecular formula is C42H26S. The summed E-state index contributed by atoms with van der Waals surface area (Å²) in [6, 6.07) is 58.1. The molecule has 0 bridgehead atoms. The quantitative estimate of drug-likeness (QED) is 0.201. The zero-order chi connectivity index (χ0) is 28.3. The van der Waals surface area contributed by atoms with Crippen LogP contribution in [0.1, 0.15) is 0 Å². The van der Waals surface area contributed by atoms with Crippen LogP contribution in [0.4, 0.5) is 0 Å². The molecule has 0 saturated carbocycles. The summed E-state index contributed by atoms with van der Waals surface area (Å²) < 4.78 is 2.71. The normalized spacial score (nSPS) is 11.7. The molecular weight excluding hydrogens is 537 g/mol. The van der Waals surface area contributed by atoms with Gasteiger partial charge in [-0.25, -0.2) is 0 Å². The number of hydrogen-bond acceptors (Lipinski definition) is 1. The first kappa shape index (κ1) is 24.4. The van der Waals surface area contributed by atoms with Gasteiger partial charge < -0.3 is 0 Å². The fourth-order valence-electron chi connectivity index (χ4n) is 6.54. The highest BCUT2D eigenvalue weighted by molar-refractivity contribution is 7.26. The van der Waals surface area contributed by atoms with Crippen molar-refractivity contribution in [3.05, 3.63) is 158 Å². The topological polar surface area (TPSA) is 0 Å². The second-order valence-electron chi connectivity index (χ2n) is 11.4. The Morgan fingerprint density at radius 1 is 0.279 bits per heavy atom. The third kappa shape index (κ3) is 4.13. The van der Waals surface area contributed by atoms with Gasteiger partial charge in [-0.15, -0.1) is 11.3 Å². The maximum absolute atomic E-state index is 2.37. The van der Waals surface area contributed by atoms with Crippen LogP contribution in [0.15, 0.2) is 158 Å². The third-order valence-electron chi connectivity index (χ3n) is 8.81. The molecule has 200 valence electrons.